The van der Waals surface area contributed by atoms with Gasteiger partial charge in [0.1, 0.15) is 0 Å². The van der Waals surface area contributed by atoms with Crippen molar-refractivity contribution in [2.24, 2.45) is 0 Å². The smallest absolute Gasteiger partial charge is 0.324 e. The lowest BCUT2D eigenvalue weighted by atomic mass is 9.89. The van der Waals surface area contributed by atoms with E-state index in [4.69, 9.17) is 0 Å². The maximum absolute atomic E-state index is 13.4. The zero-order valence-corrected chi connectivity index (χ0v) is 20.3. The minimum atomic E-state index is -0.744. The standard InChI is InChI=1S/C26H40N4O3/c1-3-4-13-28(19-25(31)32)22-7-9-23(10-8-22)29-16-17-30(26(29)33)24-6-5-20-11-14-27(2)15-12-21(20)18-24/h5-6,18,22-23H,3-4,7-17,19H2,1-2H3,(H,31,32). The van der Waals surface area contributed by atoms with E-state index in [1.165, 1.54) is 11.1 Å². The van der Waals surface area contributed by atoms with E-state index in [9.17, 15) is 14.7 Å². The van der Waals surface area contributed by atoms with Crippen molar-refractivity contribution in [1.82, 2.24) is 14.7 Å². The number of carboxylic acid groups (broad SMARTS) is 1. The molecule has 0 atom stereocenters. The number of carbonyl (C=O) groups is 2. The number of amides is 2. The number of fused-ring (bicyclic) bond motifs is 1. The minimum Gasteiger partial charge on any atom is -0.480 e. The first-order chi connectivity index (χ1) is 16.0. The van der Waals surface area contributed by atoms with Gasteiger partial charge in [-0.25, -0.2) is 4.79 Å². The van der Waals surface area contributed by atoms with E-state index in [1.54, 1.807) is 0 Å². The van der Waals surface area contributed by atoms with Gasteiger partial charge in [-0.2, -0.15) is 0 Å². The number of urea groups is 1. The van der Waals surface area contributed by atoms with Crippen molar-refractivity contribution < 1.29 is 14.7 Å². The van der Waals surface area contributed by atoms with Crippen LogP contribution in [0.1, 0.15) is 56.6 Å². The molecular weight excluding hydrogens is 416 g/mol. The normalized spacial score (nSPS) is 24.3. The number of anilines is 1. The molecule has 0 aromatic heterocycles. The number of likely N-dealkylation sites (N-methyl/N-ethyl adjacent to an activating group) is 1. The molecule has 0 bridgehead atoms. The summed E-state index contributed by atoms with van der Waals surface area (Å²) in [6.45, 7) is 6.80. The van der Waals surface area contributed by atoms with E-state index in [0.29, 0.717) is 6.04 Å². The average Bonchev–Trinajstić information content (AvgIpc) is 3.09. The van der Waals surface area contributed by atoms with E-state index < -0.39 is 5.97 Å². The number of carbonyl (C=O) groups excluding carboxylic acids is 1. The van der Waals surface area contributed by atoms with Crippen LogP contribution in [0.4, 0.5) is 10.5 Å². The van der Waals surface area contributed by atoms with Gasteiger partial charge in [-0.3, -0.25) is 14.6 Å². The highest BCUT2D eigenvalue weighted by atomic mass is 16.4. The molecule has 2 heterocycles. The molecule has 3 aliphatic rings. The number of hydrogen-bond acceptors (Lipinski definition) is 4. The van der Waals surface area contributed by atoms with Crippen LogP contribution in [-0.2, 0) is 17.6 Å². The zero-order valence-electron chi connectivity index (χ0n) is 20.3. The molecule has 7 nitrogen and oxygen atoms in total. The van der Waals surface area contributed by atoms with Crippen LogP contribution in [0, 0.1) is 0 Å². The Kier molecular flexibility index (Phi) is 7.91. The molecule has 1 saturated carbocycles. The third-order valence-corrected chi connectivity index (χ3v) is 7.83. The lowest BCUT2D eigenvalue weighted by Crippen LogP contribution is -2.47. The molecule has 2 amide bonds. The third-order valence-electron chi connectivity index (χ3n) is 7.83. The molecule has 0 radical (unpaired) electrons. The van der Waals surface area contributed by atoms with Crippen molar-refractivity contribution in [1.29, 1.82) is 0 Å². The van der Waals surface area contributed by atoms with Gasteiger partial charge in [-0.05, 0) is 81.8 Å². The fraction of sp³-hybridized carbons (Fsp3) is 0.692. The van der Waals surface area contributed by atoms with E-state index in [2.05, 4.69) is 46.9 Å². The number of benzene rings is 1. The molecule has 1 N–H and O–H groups in total. The third kappa shape index (κ3) is 5.69. The zero-order chi connectivity index (χ0) is 23.4. The second-order valence-electron chi connectivity index (χ2n) is 10.1. The fourth-order valence-electron chi connectivity index (χ4n) is 5.78. The Morgan fingerprint density at radius 2 is 1.79 bits per heavy atom. The molecule has 33 heavy (non-hydrogen) atoms. The minimum absolute atomic E-state index is 0.125. The molecule has 182 valence electrons. The lowest BCUT2D eigenvalue weighted by molar-refractivity contribution is -0.139. The van der Waals surface area contributed by atoms with Crippen LogP contribution < -0.4 is 4.90 Å². The van der Waals surface area contributed by atoms with Gasteiger partial charge in [0.25, 0.3) is 0 Å². The van der Waals surface area contributed by atoms with Crippen molar-refractivity contribution in [3.63, 3.8) is 0 Å². The maximum atomic E-state index is 13.4. The fourth-order valence-corrected chi connectivity index (χ4v) is 5.78. The van der Waals surface area contributed by atoms with Crippen LogP contribution in [0.5, 0.6) is 0 Å². The Morgan fingerprint density at radius 3 is 2.48 bits per heavy atom. The van der Waals surface area contributed by atoms with Crippen molar-refractivity contribution in [3.05, 3.63) is 29.3 Å². The molecule has 4 rings (SSSR count). The Labute approximate surface area is 198 Å². The highest BCUT2D eigenvalue weighted by molar-refractivity contribution is 5.94. The van der Waals surface area contributed by atoms with Crippen LogP contribution in [0.2, 0.25) is 0 Å². The van der Waals surface area contributed by atoms with Gasteiger partial charge in [-0.15, -0.1) is 0 Å². The average molecular weight is 457 g/mol. The number of unbranched alkanes of at least 4 members (excludes halogenated alkanes) is 1. The molecular formula is C26H40N4O3. The van der Waals surface area contributed by atoms with Crippen LogP contribution in [0.25, 0.3) is 0 Å². The molecule has 1 aliphatic carbocycles. The highest BCUT2D eigenvalue weighted by Gasteiger charge is 2.37. The quantitative estimate of drug-likeness (QED) is 0.649. The predicted octanol–water partition coefficient (Wildman–Crippen LogP) is 3.46. The number of carboxylic acids is 1. The van der Waals surface area contributed by atoms with Crippen LogP contribution in [0.15, 0.2) is 18.2 Å². The summed E-state index contributed by atoms with van der Waals surface area (Å²) in [4.78, 5) is 33.2. The molecule has 7 heteroatoms. The Balaban J connectivity index is 1.36. The second kappa shape index (κ2) is 10.9. The van der Waals surface area contributed by atoms with Crippen molar-refractivity contribution in [2.75, 3.05) is 51.2 Å². The first-order valence-corrected chi connectivity index (χ1v) is 12.8. The van der Waals surface area contributed by atoms with Crippen LogP contribution >= 0.6 is 0 Å². The number of rotatable bonds is 8. The summed E-state index contributed by atoms with van der Waals surface area (Å²) >= 11 is 0. The summed E-state index contributed by atoms with van der Waals surface area (Å²) in [5.41, 5.74) is 3.83. The van der Waals surface area contributed by atoms with Crippen molar-refractivity contribution >= 4 is 17.7 Å². The van der Waals surface area contributed by atoms with E-state index in [0.717, 1.165) is 89.8 Å². The van der Waals surface area contributed by atoms with E-state index in [1.807, 2.05) is 4.90 Å². The van der Waals surface area contributed by atoms with Gasteiger partial charge in [0.2, 0.25) is 0 Å². The summed E-state index contributed by atoms with van der Waals surface area (Å²) in [6, 6.07) is 7.31. The molecule has 2 aliphatic heterocycles. The monoisotopic (exact) mass is 456 g/mol. The second-order valence-corrected chi connectivity index (χ2v) is 10.1. The number of aliphatic carboxylic acids is 1. The summed E-state index contributed by atoms with van der Waals surface area (Å²) in [6.07, 6.45) is 8.08. The van der Waals surface area contributed by atoms with Gasteiger partial charge < -0.3 is 14.9 Å². The lowest BCUT2D eigenvalue weighted by Gasteiger charge is -2.39. The molecule has 1 saturated heterocycles. The predicted molar refractivity (Wildman–Crippen MR) is 131 cm³/mol. The first kappa shape index (κ1) is 24.0. The number of nitrogens with zero attached hydrogens (tertiary/aromatic N) is 4. The summed E-state index contributed by atoms with van der Waals surface area (Å²) in [7, 11) is 2.17. The largest absolute Gasteiger partial charge is 0.480 e. The highest BCUT2D eigenvalue weighted by Crippen LogP contribution is 2.31. The first-order valence-electron chi connectivity index (χ1n) is 12.8. The van der Waals surface area contributed by atoms with Gasteiger partial charge in [0.05, 0.1) is 6.54 Å². The summed E-state index contributed by atoms with van der Waals surface area (Å²) in [5.74, 6) is -0.744. The Bertz CT molecular complexity index is 837. The number of hydrogen-bond donors (Lipinski definition) is 1. The summed E-state index contributed by atoms with van der Waals surface area (Å²) in [5, 5.41) is 9.31. The molecule has 0 spiro atoms. The Hall–Kier alpha value is -2.12. The van der Waals surface area contributed by atoms with E-state index >= 15 is 0 Å². The molecule has 1 aromatic carbocycles. The molecule has 2 fully saturated rings. The maximum Gasteiger partial charge on any atom is 0.324 e. The van der Waals surface area contributed by atoms with Gasteiger partial charge in [0.15, 0.2) is 0 Å². The van der Waals surface area contributed by atoms with Gasteiger partial charge in [0, 0.05) is 44.0 Å². The van der Waals surface area contributed by atoms with Crippen molar-refractivity contribution in [3.8, 4) is 0 Å². The van der Waals surface area contributed by atoms with Crippen LogP contribution in [-0.4, -0.2) is 90.2 Å². The van der Waals surface area contributed by atoms with Crippen molar-refractivity contribution in [2.45, 2.75) is 70.4 Å². The molecule has 1 aromatic rings. The molecule has 0 unspecified atom stereocenters. The summed E-state index contributed by atoms with van der Waals surface area (Å²) < 4.78 is 0. The van der Waals surface area contributed by atoms with Crippen LogP contribution in [0.3, 0.4) is 0 Å². The Morgan fingerprint density at radius 1 is 1.06 bits per heavy atom. The van der Waals surface area contributed by atoms with Gasteiger partial charge in [-0.1, -0.05) is 19.4 Å². The van der Waals surface area contributed by atoms with E-state index in [-0.39, 0.29) is 18.6 Å². The topological polar surface area (TPSA) is 67.3 Å². The van der Waals surface area contributed by atoms with Gasteiger partial charge >= 0.3 is 12.0 Å². The SMILES string of the molecule is CCCCN(CC(=O)O)C1CCC(N2CCN(c3ccc4c(c3)CCN(C)CC4)C2=O)CC1.